The third-order valence-corrected chi connectivity index (χ3v) is 3.73. The minimum Gasteiger partial charge on any atom is -0.369 e. The van der Waals surface area contributed by atoms with Gasteiger partial charge in [0.2, 0.25) is 10.0 Å². The second kappa shape index (κ2) is 6.18. The van der Waals surface area contributed by atoms with Crippen molar-refractivity contribution in [3.05, 3.63) is 17.3 Å². The number of halogens is 1. The highest BCUT2D eigenvalue weighted by Crippen LogP contribution is 2.22. The summed E-state index contributed by atoms with van der Waals surface area (Å²) in [7, 11) is -3.50. The first kappa shape index (κ1) is 14.2. The molecule has 0 atom stereocenters. The number of nitrogens with one attached hydrogen (secondary N) is 2. The number of nitrogens with zero attached hydrogens (tertiary/aromatic N) is 1. The molecule has 1 rings (SSSR count). The molecule has 1 aromatic heterocycles. The first-order valence-corrected chi connectivity index (χ1v) is 7.26. The van der Waals surface area contributed by atoms with E-state index in [2.05, 4.69) is 15.0 Å². The number of hydrogen-bond acceptors (Lipinski definition) is 4. The van der Waals surface area contributed by atoms with E-state index in [1.165, 1.54) is 12.3 Å². The molecular weight excluding hydrogens is 262 g/mol. The Morgan fingerprint density at radius 3 is 2.65 bits per heavy atom. The highest BCUT2D eigenvalue weighted by Gasteiger charge is 2.15. The second-order valence-corrected chi connectivity index (χ2v) is 5.60. The molecule has 2 N–H and O–H groups in total. The monoisotopic (exact) mass is 277 g/mol. The quantitative estimate of drug-likeness (QED) is 0.833. The predicted octanol–water partition coefficient (Wildman–Crippen LogP) is 1.86. The van der Waals surface area contributed by atoms with Crippen LogP contribution in [0.1, 0.15) is 20.3 Å². The molecule has 0 aromatic carbocycles. The van der Waals surface area contributed by atoms with Gasteiger partial charge in [-0.05, 0) is 19.4 Å². The first-order chi connectivity index (χ1) is 8.01. The maximum absolute atomic E-state index is 11.8. The second-order valence-electron chi connectivity index (χ2n) is 3.43. The SMILES string of the molecule is CCCNS(=O)(=O)c1cnc(NCC)c(Cl)c1. The lowest BCUT2D eigenvalue weighted by Gasteiger charge is -2.08. The van der Waals surface area contributed by atoms with Crippen molar-refractivity contribution >= 4 is 27.4 Å². The maximum Gasteiger partial charge on any atom is 0.242 e. The van der Waals surface area contributed by atoms with E-state index in [-0.39, 0.29) is 4.90 Å². The van der Waals surface area contributed by atoms with Gasteiger partial charge in [-0.1, -0.05) is 18.5 Å². The largest absolute Gasteiger partial charge is 0.369 e. The average molecular weight is 278 g/mol. The lowest BCUT2D eigenvalue weighted by molar-refractivity contribution is 0.580. The Hall–Kier alpha value is -0.850. The van der Waals surface area contributed by atoms with Crippen LogP contribution in [-0.2, 0) is 10.0 Å². The molecule has 0 spiro atoms. The van der Waals surface area contributed by atoms with Crippen molar-refractivity contribution in [2.75, 3.05) is 18.4 Å². The van der Waals surface area contributed by atoms with E-state index in [0.29, 0.717) is 23.9 Å². The normalized spacial score (nSPS) is 11.5. The number of aromatic nitrogens is 1. The van der Waals surface area contributed by atoms with Gasteiger partial charge in [0.05, 0.1) is 5.02 Å². The molecular formula is C10H16ClN3O2S. The molecule has 7 heteroatoms. The van der Waals surface area contributed by atoms with E-state index in [0.717, 1.165) is 6.42 Å². The van der Waals surface area contributed by atoms with Crippen LogP contribution in [0.15, 0.2) is 17.2 Å². The van der Waals surface area contributed by atoms with Gasteiger partial charge in [0.1, 0.15) is 10.7 Å². The zero-order chi connectivity index (χ0) is 12.9. The van der Waals surface area contributed by atoms with Crippen molar-refractivity contribution in [1.29, 1.82) is 0 Å². The molecule has 0 saturated carbocycles. The average Bonchev–Trinajstić information content (AvgIpc) is 2.29. The summed E-state index contributed by atoms with van der Waals surface area (Å²) < 4.78 is 26.0. The van der Waals surface area contributed by atoms with Crippen LogP contribution < -0.4 is 10.0 Å². The lowest BCUT2D eigenvalue weighted by atomic mass is 10.4. The van der Waals surface area contributed by atoms with Gasteiger partial charge in [-0.15, -0.1) is 0 Å². The molecule has 0 radical (unpaired) electrons. The summed E-state index contributed by atoms with van der Waals surface area (Å²) in [4.78, 5) is 4.06. The Balaban J connectivity index is 2.96. The summed E-state index contributed by atoms with van der Waals surface area (Å²) in [5.74, 6) is 0.489. The van der Waals surface area contributed by atoms with Gasteiger partial charge in [0.15, 0.2) is 0 Å². The Kier molecular flexibility index (Phi) is 5.17. The van der Waals surface area contributed by atoms with Crippen molar-refractivity contribution in [3.8, 4) is 0 Å². The molecule has 1 heterocycles. The fourth-order valence-electron chi connectivity index (χ4n) is 1.18. The van der Waals surface area contributed by atoms with Crippen LogP contribution in [0.3, 0.4) is 0 Å². The van der Waals surface area contributed by atoms with E-state index in [1.54, 1.807) is 0 Å². The molecule has 0 aliphatic rings. The fraction of sp³-hybridized carbons (Fsp3) is 0.500. The van der Waals surface area contributed by atoms with Gasteiger partial charge in [-0.3, -0.25) is 0 Å². The summed E-state index contributed by atoms with van der Waals surface area (Å²) in [6, 6.07) is 1.39. The lowest BCUT2D eigenvalue weighted by Crippen LogP contribution is -2.24. The molecule has 0 bridgehead atoms. The van der Waals surface area contributed by atoms with Crippen LogP contribution in [0.5, 0.6) is 0 Å². The molecule has 17 heavy (non-hydrogen) atoms. The molecule has 96 valence electrons. The minimum atomic E-state index is -3.50. The highest BCUT2D eigenvalue weighted by molar-refractivity contribution is 7.89. The van der Waals surface area contributed by atoms with E-state index in [4.69, 9.17) is 11.6 Å². The van der Waals surface area contributed by atoms with Gasteiger partial charge in [-0.25, -0.2) is 18.1 Å². The summed E-state index contributed by atoms with van der Waals surface area (Å²) in [5.41, 5.74) is 0. The van der Waals surface area contributed by atoms with Crippen LogP contribution >= 0.6 is 11.6 Å². The predicted molar refractivity (Wildman–Crippen MR) is 68.9 cm³/mol. The Morgan fingerprint density at radius 2 is 2.12 bits per heavy atom. The first-order valence-electron chi connectivity index (χ1n) is 5.40. The van der Waals surface area contributed by atoms with Crippen LogP contribution in [0, 0.1) is 0 Å². The topological polar surface area (TPSA) is 71.1 Å². The Bertz CT molecular complexity index is 476. The molecule has 0 aliphatic carbocycles. The zero-order valence-electron chi connectivity index (χ0n) is 9.83. The van der Waals surface area contributed by atoms with Crippen molar-refractivity contribution in [2.24, 2.45) is 0 Å². The molecule has 0 saturated heterocycles. The summed E-state index contributed by atoms with van der Waals surface area (Å²) in [6.45, 7) is 4.87. The van der Waals surface area contributed by atoms with Gasteiger partial charge >= 0.3 is 0 Å². The zero-order valence-corrected chi connectivity index (χ0v) is 11.4. The van der Waals surface area contributed by atoms with Gasteiger partial charge in [-0.2, -0.15) is 0 Å². The molecule has 0 fully saturated rings. The van der Waals surface area contributed by atoms with E-state index >= 15 is 0 Å². The summed E-state index contributed by atoms with van der Waals surface area (Å²) >= 11 is 5.93. The fourth-order valence-corrected chi connectivity index (χ4v) is 2.59. The van der Waals surface area contributed by atoms with Gasteiger partial charge in [0, 0.05) is 19.3 Å². The highest BCUT2D eigenvalue weighted by atomic mass is 35.5. The third-order valence-electron chi connectivity index (χ3n) is 2.01. The van der Waals surface area contributed by atoms with Crippen molar-refractivity contribution < 1.29 is 8.42 Å². The smallest absolute Gasteiger partial charge is 0.242 e. The number of pyridine rings is 1. The maximum atomic E-state index is 11.8. The molecule has 1 aromatic rings. The summed E-state index contributed by atoms with van der Waals surface area (Å²) in [6.07, 6.45) is 2.03. The van der Waals surface area contributed by atoms with E-state index < -0.39 is 10.0 Å². The van der Waals surface area contributed by atoms with Crippen molar-refractivity contribution in [3.63, 3.8) is 0 Å². The van der Waals surface area contributed by atoms with Gasteiger partial charge < -0.3 is 5.32 Å². The number of sulfonamides is 1. The minimum absolute atomic E-state index is 0.0811. The van der Waals surface area contributed by atoms with Crippen molar-refractivity contribution in [2.45, 2.75) is 25.2 Å². The Morgan fingerprint density at radius 1 is 1.41 bits per heavy atom. The number of hydrogen-bond donors (Lipinski definition) is 2. The molecule has 0 unspecified atom stereocenters. The van der Waals surface area contributed by atoms with Crippen LogP contribution in [-0.4, -0.2) is 26.5 Å². The molecule has 0 aliphatic heterocycles. The van der Waals surface area contributed by atoms with Crippen LogP contribution in [0.25, 0.3) is 0 Å². The summed E-state index contributed by atoms with van der Waals surface area (Å²) in [5, 5.41) is 3.24. The van der Waals surface area contributed by atoms with Crippen molar-refractivity contribution in [1.82, 2.24) is 9.71 Å². The van der Waals surface area contributed by atoms with E-state index in [1.807, 2.05) is 13.8 Å². The Labute approximate surface area is 107 Å². The molecule has 0 amide bonds. The number of rotatable bonds is 6. The van der Waals surface area contributed by atoms with Gasteiger partial charge in [0.25, 0.3) is 0 Å². The van der Waals surface area contributed by atoms with Crippen LogP contribution in [0.2, 0.25) is 5.02 Å². The number of anilines is 1. The third kappa shape index (κ3) is 3.83. The van der Waals surface area contributed by atoms with E-state index in [9.17, 15) is 8.42 Å². The van der Waals surface area contributed by atoms with Crippen LogP contribution in [0.4, 0.5) is 5.82 Å². The molecule has 5 nitrogen and oxygen atoms in total. The standard InChI is InChI=1S/C10H16ClN3O2S/c1-3-5-14-17(15,16)8-6-9(11)10(12-4-2)13-7-8/h6-7,14H,3-5H2,1-2H3,(H,12,13).